The fourth-order valence-electron chi connectivity index (χ4n) is 7.47. The summed E-state index contributed by atoms with van der Waals surface area (Å²) in [5.74, 6) is -1.92. The standard InChI is InChI=1S/C35H40N4O8/c1-20(40)31(41)26(16-22-14-15-36-32(22)42)37-33(43)30-24-11-6-10-23(24)18-38(30)34(44)28-17-25-27(12-7-13-29(25)46-2)39(28)35(45)47-19-21-8-4-3-5-9-21/h3-5,7-9,12-13,17,20,22-24,26,30,40H,6,10-11,14-16,18-19H2,1-2H3,(H,36,42)(H,37,43)/t20?,22-,23-,24-,26?,30-/m0/s1. The Kier molecular flexibility index (Phi) is 9.31. The van der Waals surface area contributed by atoms with Crippen molar-refractivity contribution in [3.63, 3.8) is 0 Å². The van der Waals surface area contributed by atoms with Crippen LogP contribution in [0.1, 0.15) is 55.1 Å². The van der Waals surface area contributed by atoms with E-state index in [9.17, 15) is 29.1 Å². The number of likely N-dealkylation sites (tertiary alicyclic amines) is 1. The van der Waals surface area contributed by atoms with Gasteiger partial charge in [0.05, 0.1) is 18.7 Å². The third-order valence-corrected chi connectivity index (χ3v) is 9.81. The first-order valence-corrected chi connectivity index (χ1v) is 16.2. The highest BCUT2D eigenvalue weighted by Crippen LogP contribution is 2.43. The molecule has 12 nitrogen and oxygen atoms in total. The number of aliphatic hydroxyl groups is 1. The van der Waals surface area contributed by atoms with Crippen LogP contribution in [0, 0.1) is 17.8 Å². The van der Waals surface area contributed by atoms with Crippen molar-refractivity contribution in [2.75, 3.05) is 20.2 Å². The van der Waals surface area contributed by atoms with Crippen molar-refractivity contribution < 1.29 is 38.6 Å². The van der Waals surface area contributed by atoms with Crippen LogP contribution in [0.4, 0.5) is 4.79 Å². The Morgan fingerprint density at radius 2 is 1.85 bits per heavy atom. The number of nitrogens with one attached hydrogen (secondary N) is 2. The summed E-state index contributed by atoms with van der Waals surface area (Å²) in [6.07, 6.45) is 0.941. The van der Waals surface area contributed by atoms with Gasteiger partial charge in [0.25, 0.3) is 5.91 Å². The molecular formula is C35H40N4O8. The molecule has 12 heteroatoms. The van der Waals surface area contributed by atoms with Gasteiger partial charge >= 0.3 is 6.09 Å². The smallest absolute Gasteiger partial charge is 0.419 e. The van der Waals surface area contributed by atoms with E-state index in [1.165, 1.54) is 23.5 Å². The van der Waals surface area contributed by atoms with Crippen molar-refractivity contribution in [3.05, 3.63) is 65.9 Å². The van der Waals surface area contributed by atoms with Gasteiger partial charge in [-0.25, -0.2) is 9.36 Å². The van der Waals surface area contributed by atoms with Crippen molar-refractivity contribution in [1.29, 1.82) is 0 Å². The van der Waals surface area contributed by atoms with E-state index in [0.29, 0.717) is 36.2 Å². The monoisotopic (exact) mass is 644 g/mol. The zero-order valence-electron chi connectivity index (χ0n) is 26.5. The number of hydrogen-bond donors (Lipinski definition) is 3. The number of aromatic nitrogens is 1. The van der Waals surface area contributed by atoms with E-state index in [1.54, 1.807) is 24.3 Å². The van der Waals surface area contributed by atoms with Crippen LogP contribution in [0.15, 0.2) is 54.6 Å². The van der Waals surface area contributed by atoms with Crippen LogP contribution < -0.4 is 15.4 Å². The third-order valence-electron chi connectivity index (χ3n) is 9.81. The Hall–Kier alpha value is -4.71. The van der Waals surface area contributed by atoms with E-state index in [-0.39, 0.29) is 36.5 Å². The number of nitrogens with zero attached hydrogens (tertiary/aromatic N) is 2. The number of carbonyl (C=O) groups is 5. The summed E-state index contributed by atoms with van der Waals surface area (Å²) in [5, 5.41) is 16.2. The number of ether oxygens (including phenoxy) is 2. The molecule has 3 aromatic rings. The molecule has 2 unspecified atom stereocenters. The lowest BCUT2D eigenvalue weighted by atomic mass is 9.91. The Balaban J connectivity index is 1.32. The molecule has 3 amide bonds. The summed E-state index contributed by atoms with van der Waals surface area (Å²) in [6.45, 7) is 2.11. The molecular weight excluding hydrogens is 604 g/mol. The van der Waals surface area contributed by atoms with Crippen LogP contribution in [0.25, 0.3) is 10.9 Å². The summed E-state index contributed by atoms with van der Waals surface area (Å²) < 4.78 is 12.4. The summed E-state index contributed by atoms with van der Waals surface area (Å²) in [6, 6.07) is 13.9. The maximum absolute atomic E-state index is 14.5. The highest BCUT2D eigenvalue weighted by Gasteiger charge is 2.51. The SMILES string of the molecule is COc1cccc2c1cc(C(=O)N1C[C@@H]3CCC[C@@H]3[C@H]1C(=O)NC(C[C@@H]1CCNC1=O)C(=O)C(C)O)n2C(=O)OCc1ccccc1. The molecule has 1 aromatic heterocycles. The van der Waals surface area contributed by atoms with E-state index in [4.69, 9.17) is 9.47 Å². The zero-order valence-corrected chi connectivity index (χ0v) is 26.5. The number of fused-ring (bicyclic) bond motifs is 2. The number of carbonyl (C=O) groups excluding carboxylic acids is 5. The Labute approximate surface area is 272 Å². The predicted molar refractivity (Wildman–Crippen MR) is 171 cm³/mol. The van der Waals surface area contributed by atoms with Crippen LogP contribution >= 0.6 is 0 Å². The molecule has 0 radical (unpaired) electrons. The van der Waals surface area contributed by atoms with Crippen LogP contribution in [0.2, 0.25) is 0 Å². The molecule has 0 bridgehead atoms. The number of aliphatic hydroxyl groups excluding tert-OH is 1. The maximum atomic E-state index is 14.5. The minimum atomic E-state index is -1.35. The first kappa shape index (κ1) is 32.2. The lowest BCUT2D eigenvalue weighted by molar-refractivity contribution is -0.135. The molecule has 47 heavy (non-hydrogen) atoms. The summed E-state index contributed by atoms with van der Waals surface area (Å²) in [4.78, 5) is 69.2. The normalized spacial score (nSPS) is 23.2. The van der Waals surface area contributed by atoms with Crippen molar-refractivity contribution in [1.82, 2.24) is 20.1 Å². The van der Waals surface area contributed by atoms with Crippen LogP contribution in [-0.4, -0.2) is 82.6 Å². The molecule has 6 atom stereocenters. The Bertz CT molecular complexity index is 1690. The van der Waals surface area contributed by atoms with Gasteiger partial charge in [0.15, 0.2) is 5.78 Å². The average Bonchev–Trinajstić information content (AvgIpc) is 3.86. The molecule has 1 aliphatic carbocycles. The average molecular weight is 645 g/mol. The number of rotatable bonds is 10. The molecule has 0 spiro atoms. The Morgan fingerprint density at radius 1 is 1.06 bits per heavy atom. The fourth-order valence-corrected chi connectivity index (χ4v) is 7.47. The molecule has 6 rings (SSSR count). The number of benzene rings is 2. The largest absolute Gasteiger partial charge is 0.496 e. The van der Waals surface area contributed by atoms with Crippen molar-refractivity contribution in [3.8, 4) is 5.75 Å². The highest BCUT2D eigenvalue weighted by molar-refractivity contribution is 6.06. The zero-order chi connectivity index (χ0) is 33.2. The molecule has 3 heterocycles. The second-order valence-electron chi connectivity index (χ2n) is 12.7. The molecule has 1 saturated carbocycles. The minimum Gasteiger partial charge on any atom is -0.496 e. The topological polar surface area (TPSA) is 156 Å². The van der Waals surface area contributed by atoms with Crippen molar-refractivity contribution in [2.45, 2.75) is 63.8 Å². The summed E-state index contributed by atoms with van der Waals surface area (Å²) in [5.41, 5.74) is 1.23. The van der Waals surface area contributed by atoms with Gasteiger partial charge in [0, 0.05) is 24.4 Å². The Morgan fingerprint density at radius 3 is 2.55 bits per heavy atom. The number of amides is 3. The van der Waals surface area contributed by atoms with Gasteiger partial charge in [-0.15, -0.1) is 0 Å². The van der Waals surface area contributed by atoms with E-state index in [0.717, 1.165) is 24.8 Å². The van der Waals surface area contributed by atoms with E-state index < -0.39 is 47.8 Å². The van der Waals surface area contributed by atoms with E-state index in [1.807, 2.05) is 30.3 Å². The van der Waals surface area contributed by atoms with E-state index in [2.05, 4.69) is 10.6 Å². The van der Waals surface area contributed by atoms with Gasteiger partial charge in [-0.05, 0) is 68.2 Å². The maximum Gasteiger partial charge on any atom is 0.419 e. The number of Topliss-reactive ketones (excluding diaryl/α,β-unsaturated/α-hetero) is 1. The second kappa shape index (κ2) is 13.6. The van der Waals surface area contributed by atoms with Crippen LogP contribution in [-0.2, 0) is 25.7 Å². The van der Waals surface area contributed by atoms with Crippen LogP contribution in [0.5, 0.6) is 5.75 Å². The van der Waals surface area contributed by atoms with Crippen molar-refractivity contribution >= 4 is 40.5 Å². The van der Waals surface area contributed by atoms with Gasteiger partial charge in [-0.1, -0.05) is 42.8 Å². The van der Waals surface area contributed by atoms with Gasteiger partial charge in [0.2, 0.25) is 11.8 Å². The molecule has 2 aromatic carbocycles. The first-order chi connectivity index (χ1) is 22.7. The van der Waals surface area contributed by atoms with Gasteiger partial charge in [0.1, 0.15) is 30.2 Å². The first-order valence-electron chi connectivity index (χ1n) is 16.2. The highest BCUT2D eigenvalue weighted by atomic mass is 16.5. The van der Waals surface area contributed by atoms with Crippen LogP contribution in [0.3, 0.4) is 0 Å². The third kappa shape index (κ3) is 6.34. The molecule has 2 aliphatic heterocycles. The van der Waals surface area contributed by atoms with E-state index >= 15 is 0 Å². The van der Waals surface area contributed by atoms with Gasteiger partial charge < -0.3 is 30.1 Å². The number of hydrogen-bond acceptors (Lipinski definition) is 8. The number of ketones is 1. The van der Waals surface area contributed by atoms with Gasteiger partial charge in [-0.3, -0.25) is 19.2 Å². The second-order valence-corrected chi connectivity index (χ2v) is 12.7. The van der Waals surface area contributed by atoms with Crippen molar-refractivity contribution in [2.24, 2.45) is 17.8 Å². The quantitative estimate of drug-likeness (QED) is 0.304. The molecule has 2 saturated heterocycles. The number of methoxy groups -OCH3 is 1. The molecule has 3 N–H and O–H groups in total. The molecule has 3 aliphatic rings. The molecule has 3 fully saturated rings. The lowest BCUT2D eigenvalue weighted by Crippen LogP contribution is -2.54. The van der Waals surface area contributed by atoms with Gasteiger partial charge in [-0.2, -0.15) is 0 Å². The lowest BCUT2D eigenvalue weighted by Gasteiger charge is -2.30. The summed E-state index contributed by atoms with van der Waals surface area (Å²) in [7, 11) is 1.50. The predicted octanol–water partition coefficient (Wildman–Crippen LogP) is 3.04. The minimum absolute atomic E-state index is 0.00640. The fraction of sp³-hybridized carbons (Fsp3) is 0.457. The molecule has 248 valence electrons. The summed E-state index contributed by atoms with van der Waals surface area (Å²) >= 11 is 0.